The lowest BCUT2D eigenvalue weighted by molar-refractivity contribution is -0.155. The number of hydrogen-bond donors (Lipinski definition) is 0. The first-order valence-electron chi connectivity index (χ1n) is 29.5. The topological polar surface area (TPSA) is 61.8 Å². The van der Waals surface area contributed by atoms with Crippen molar-refractivity contribution in [2.24, 2.45) is 0 Å². The lowest BCUT2D eigenvalue weighted by atomic mass is 10.0. The van der Waals surface area contributed by atoms with E-state index in [0.29, 0.717) is 19.4 Å². The van der Waals surface area contributed by atoms with Crippen LogP contribution in [-0.4, -0.2) is 37.9 Å². The van der Waals surface area contributed by atoms with E-state index >= 15 is 0 Å². The SMILES string of the molecule is CCCCC/C=C\C/C=C\CCCCCCCCCCCC(=O)OC[C@H](COC(=O)CCCCCCC/C=C\CCCCCCCC)OCCCCCCCCCCCCCCCCCC. The average molecular weight is 928 g/mol. The van der Waals surface area contributed by atoms with Gasteiger partial charge in [-0.25, -0.2) is 0 Å². The third kappa shape index (κ3) is 54.7. The Hall–Kier alpha value is -1.88. The second-order valence-electron chi connectivity index (χ2n) is 19.9. The van der Waals surface area contributed by atoms with Gasteiger partial charge < -0.3 is 14.2 Å². The Morgan fingerprint density at radius 3 is 0.924 bits per heavy atom. The van der Waals surface area contributed by atoms with Gasteiger partial charge in [0.05, 0.1) is 0 Å². The second-order valence-corrected chi connectivity index (χ2v) is 19.9. The van der Waals surface area contributed by atoms with Crippen molar-refractivity contribution in [3.05, 3.63) is 36.5 Å². The quantitative estimate of drug-likeness (QED) is 0.0345. The summed E-state index contributed by atoms with van der Waals surface area (Å²) in [7, 11) is 0. The highest BCUT2D eigenvalue weighted by molar-refractivity contribution is 5.69. The van der Waals surface area contributed by atoms with Crippen molar-refractivity contribution >= 4 is 11.9 Å². The van der Waals surface area contributed by atoms with Crippen LogP contribution in [-0.2, 0) is 23.8 Å². The lowest BCUT2D eigenvalue weighted by Gasteiger charge is -2.18. The van der Waals surface area contributed by atoms with Gasteiger partial charge in [-0.1, -0.05) is 263 Å². The first kappa shape index (κ1) is 64.1. The normalized spacial score (nSPS) is 12.3. The van der Waals surface area contributed by atoms with Crippen LogP contribution in [0.2, 0.25) is 0 Å². The highest BCUT2D eigenvalue weighted by atomic mass is 16.6. The predicted molar refractivity (Wildman–Crippen MR) is 288 cm³/mol. The fraction of sp³-hybridized carbons (Fsp3) is 0.869. The van der Waals surface area contributed by atoms with Crippen LogP contribution in [0.4, 0.5) is 0 Å². The molecule has 1 atom stereocenters. The molecule has 5 heteroatoms. The van der Waals surface area contributed by atoms with Gasteiger partial charge in [0.1, 0.15) is 19.3 Å². The number of rotatable bonds is 55. The van der Waals surface area contributed by atoms with E-state index in [2.05, 4.69) is 57.2 Å². The van der Waals surface area contributed by atoms with Crippen LogP contribution in [0.5, 0.6) is 0 Å². The Bertz CT molecular complexity index is 1050. The zero-order chi connectivity index (χ0) is 47.7. The van der Waals surface area contributed by atoms with E-state index in [0.717, 1.165) is 51.4 Å². The number of carbonyl (C=O) groups excluding carboxylic acids is 2. The summed E-state index contributed by atoms with van der Waals surface area (Å²) in [5.74, 6) is -0.332. The maximum Gasteiger partial charge on any atom is 0.305 e. The Morgan fingerprint density at radius 1 is 0.318 bits per heavy atom. The van der Waals surface area contributed by atoms with E-state index < -0.39 is 6.10 Å². The van der Waals surface area contributed by atoms with Crippen LogP contribution >= 0.6 is 0 Å². The number of unbranched alkanes of at least 4 members (excludes halogenated alkanes) is 38. The fourth-order valence-corrected chi connectivity index (χ4v) is 8.69. The van der Waals surface area contributed by atoms with Crippen LogP contribution in [0.15, 0.2) is 36.5 Å². The molecule has 0 bridgehead atoms. The van der Waals surface area contributed by atoms with Crippen LogP contribution in [0.1, 0.15) is 316 Å². The van der Waals surface area contributed by atoms with Crippen LogP contribution in [0.25, 0.3) is 0 Å². The minimum absolute atomic E-state index is 0.156. The molecule has 0 aromatic rings. The summed E-state index contributed by atoms with van der Waals surface area (Å²) < 4.78 is 17.5. The fourth-order valence-electron chi connectivity index (χ4n) is 8.69. The van der Waals surface area contributed by atoms with Gasteiger partial charge in [0.2, 0.25) is 0 Å². The first-order valence-corrected chi connectivity index (χ1v) is 29.5. The molecule has 0 spiro atoms. The smallest absolute Gasteiger partial charge is 0.305 e. The Morgan fingerprint density at radius 2 is 0.576 bits per heavy atom. The minimum atomic E-state index is -0.401. The molecule has 0 aliphatic carbocycles. The minimum Gasteiger partial charge on any atom is -0.463 e. The van der Waals surface area contributed by atoms with Crippen molar-refractivity contribution in [2.45, 2.75) is 322 Å². The van der Waals surface area contributed by atoms with Gasteiger partial charge in [-0.2, -0.15) is 0 Å². The molecule has 0 aliphatic heterocycles. The highest BCUT2D eigenvalue weighted by Crippen LogP contribution is 2.16. The van der Waals surface area contributed by atoms with Crippen LogP contribution < -0.4 is 0 Å². The molecule has 0 heterocycles. The summed E-state index contributed by atoms with van der Waals surface area (Å²) in [5.41, 5.74) is 0. The standard InChI is InChI=1S/C61H114O5/c1-4-7-10-13-16-19-22-25-28-30-31-32-34-37-40-43-46-49-52-55-61(63)66-58-59(64-56-53-50-47-44-41-38-35-29-26-23-20-17-14-11-8-5-2)57-65-60(62)54-51-48-45-42-39-36-33-27-24-21-18-15-12-9-6-3/h16,19,25,27-28,33,59H,4-15,17-18,20-24,26,29-32,34-58H2,1-3H3/b19-16-,28-25-,33-27-/t59-/m0/s1. The van der Waals surface area contributed by atoms with Crippen molar-refractivity contribution < 1.29 is 23.8 Å². The Balaban J connectivity index is 4.23. The number of carbonyl (C=O) groups is 2. The monoisotopic (exact) mass is 927 g/mol. The zero-order valence-electron chi connectivity index (χ0n) is 44.7. The molecule has 0 rings (SSSR count). The van der Waals surface area contributed by atoms with E-state index in [9.17, 15) is 9.59 Å². The molecular weight excluding hydrogens is 813 g/mol. The summed E-state index contributed by atoms with van der Waals surface area (Å²) in [6.07, 6.45) is 70.4. The molecule has 0 radical (unpaired) electrons. The van der Waals surface area contributed by atoms with Gasteiger partial charge in [0.25, 0.3) is 0 Å². The molecule has 0 aliphatic rings. The summed E-state index contributed by atoms with van der Waals surface area (Å²) >= 11 is 0. The third-order valence-electron chi connectivity index (χ3n) is 13.2. The largest absolute Gasteiger partial charge is 0.463 e. The zero-order valence-corrected chi connectivity index (χ0v) is 44.7. The Kier molecular flexibility index (Phi) is 55.8. The summed E-state index contributed by atoms with van der Waals surface area (Å²) in [6, 6.07) is 0. The predicted octanol–water partition coefficient (Wildman–Crippen LogP) is 20.1. The maximum absolute atomic E-state index is 12.7. The first-order chi connectivity index (χ1) is 32.6. The summed E-state index contributed by atoms with van der Waals surface area (Å²) in [5, 5.41) is 0. The second kappa shape index (κ2) is 57.4. The number of esters is 2. The van der Waals surface area contributed by atoms with E-state index in [1.165, 1.54) is 231 Å². The van der Waals surface area contributed by atoms with E-state index in [1.807, 2.05) is 0 Å². The van der Waals surface area contributed by atoms with Crippen molar-refractivity contribution in [3.8, 4) is 0 Å². The highest BCUT2D eigenvalue weighted by Gasteiger charge is 2.16. The van der Waals surface area contributed by atoms with E-state index in [-0.39, 0.29) is 25.2 Å². The van der Waals surface area contributed by atoms with E-state index in [1.54, 1.807) is 0 Å². The molecule has 0 amide bonds. The summed E-state index contributed by atoms with van der Waals surface area (Å²) in [4.78, 5) is 25.3. The van der Waals surface area contributed by atoms with Gasteiger partial charge in [-0.3, -0.25) is 9.59 Å². The third-order valence-corrected chi connectivity index (χ3v) is 13.2. The summed E-state index contributed by atoms with van der Waals surface area (Å²) in [6.45, 7) is 7.75. The molecule has 0 fully saturated rings. The van der Waals surface area contributed by atoms with Crippen molar-refractivity contribution in [1.82, 2.24) is 0 Å². The van der Waals surface area contributed by atoms with Crippen LogP contribution in [0, 0.1) is 0 Å². The molecule has 66 heavy (non-hydrogen) atoms. The molecular formula is C61H114O5. The number of ether oxygens (including phenoxy) is 3. The van der Waals surface area contributed by atoms with Crippen molar-refractivity contribution in [1.29, 1.82) is 0 Å². The molecule has 0 N–H and O–H groups in total. The molecule has 0 saturated heterocycles. The number of hydrogen-bond acceptors (Lipinski definition) is 5. The van der Waals surface area contributed by atoms with Gasteiger partial charge >= 0.3 is 11.9 Å². The van der Waals surface area contributed by atoms with Gasteiger partial charge in [-0.05, 0) is 77.0 Å². The number of allylic oxidation sites excluding steroid dienone is 6. The molecule has 0 aromatic heterocycles. The Labute approximate surface area is 412 Å². The van der Waals surface area contributed by atoms with Crippen molar-refractivity contribution in [3.63, 3.8) is 0 Å². The molecule has 0 unspecified atom stereocenters. The van der Waals surface area contributed by atoms with Crippen molar-refractivity contribution in [2.75, 3.05) is 19.8 Å². The maximum atomic E-state index is 12.7. The molecule has 0 saturated carbocycles. The lowest BCUT2D eigenvalue weighted by Crippen LogP contribution is -2.29. The van der Waals surface area contributed by atoms with Gasteiger partial charge in [0.15, 0.2) is 0 Å². The molecule has 0 aromatic carbocycles. The molecule has 5 nitrogen and oxygen atoms in total. The van der Waals surface area contributed by atoms with Crippen LogP contribution in [0.3, 0.4) is 0 Å². The molecule has 388 valence electrons. The van der Waals surface area contributed by atoms with E-state index in [4.69, 9.17) is 14.2 Å². The average Bonchev–Trinajstić information content (AvgIpc) is 3.32. The van der Waals surface area contributed by atoms with Gasteiger partial charge in [-0.15, -0.1) is 0 Å². The van der Waals surface area contributed by atoms with Gasteiger partial charge in [0, 0.05) is 19.4 Å².